The molecule has 1 amide bonds. The first-order valence-corrected chi connectivity index (χ1v) is 8.89. The van der Waals surface area contributed by atoms with Gasteiger partial charge in [-0.05, 0) is 56.2 Å². The molecule has 0 radical (unpaired) electrons. The first-order valence-electron chi connectivity index (χ1n) is 8.89. The highest BCUT2D eigenvalue weighted by atomic mass is 16.6. The van der Waals surface area contributed by atoms with Crippen molar-refractivity contribution in [2.24, 2.45) is 5.16 Å². The number of tetrazole rings is 1. The molecular formula is C18H26N6O2. The quantitative estimate of drug-likeness (QED) is 0.548. The first kappa shape index (κ1) is 19.6. The van der Waals surface area contributed by atoms with Crippen LogP contribution in [-0.2, 0) is 16.2 Å². The Bertz CT molecular complexity index is 752. The summed E-state index contributed by atoms with van der Waals surface area (Å²) in [4.78, 5) is 18.0. The molecule has 0 aliphatic heterocycles. The third kappa shape index (κ3) is 5.37. The lowest BCUT2D eigenvalue weighted by atomic mass is 10.1. The number of unbranched alkanes of at least 4 members (excludes halogenated alkanes) is 1. The van der Waals surface area contributed by atoms with Gasteiger partial charge < -0.3 is 10.2 Å². The Labute approximate surface area is 153 Å². The molecule has 140 valence electrons. The van der Waals surface area contributed by atoms with Gasteiger partial charge in [-0.2, -0.15) is 0 Å². The zero-order chi connectivity index (χ0) is 18.9. The second-order valence-electron chi connectivity index (χ2n) is 6.16. The lowest BCUT2D eigenvalue weighted by molar-refractivity contribution is -0.127. The molecule has 0 aliphatic rings. The van der Waals surface area contributed by atoms with E-state index >= 15 is 0 Å². The summed E-state index contributed by atoms with van der Waals surface area (Å²) in [6.07, 6.45) is 1.88. The van der Waals surface area contributed by atoms with Gasteiger partial charge >= 0.3 is 0 Å². The molecule has 0 saturated carbocycles. The smallest absolute Gasteiger partial charge is 0.268 e. The Morgan fingerprint density at radius 3 is 2.85 bits per heavy atom. The van der Waals surface area contributed by atoms with Crippen LogP contribution in [-0.4, -0.2) is 37.9 Å². The van der Waals surface area contributed by atoms with E-state index in [2.05, 4.69) is 32.9 Å². The van der Waals surface area contributed by atoms with Gasteiger partial charge in [-0.15, -0.1) is 5.10 Å². The number of carbonyl (C=O) groups excluding carboxylic acids is 1. The van der Waals surface area contributed by atoms with E-state index in [4.69, 9.17) is 4.84 Å². The van der Waals surface area contributed by atoms with Crippen molar-refractivity contribution in [3.8, 4) is 11.4 Å². The van der Waals surface area contributed by atoms with Gasteiger partial charge in [0.1, 0.15) is 0 Å². The highest BCUT2D eigenvalue weighted by Crippen LogP contribution is 2.21. The molecule has 0 saturated heterocycles. The van der Waals surface area contributed by atoms with Crippen molar-refractivity contribution in [1.82, 2.24) is 20.2 Å². The van der Waals surface area contributed by atoms with E-state index in [1.165, 1.54) is 0 Å². The van der Waals surface area contributed by atoms with Gasteiger partial charge in [0.15, 0.2) is 5.82 Å². The Balaban J connectivity index is 2.14. The van der Waals surface area contributed by atoms with Gasteiger partial charge in [0.25, 0.3) is 5.91 Å². The predicted molar refractivity (Wildman–Crippen MR) is 101 cm³/mol. The van der Waals surface area contributed by atoms with E-state index in [0.717, 1.165) is 24.1 Å². The highest BCUT2D eigenvalue weighted by Gasteiger charge is 2.20. The van der Waals surface area contributed by atoms with Crippen LogP contribution in [0.4, 0.5) is 5.69 Å². The van der Waals surface area contributed by atoms with Crippen molar-refractivity contribution < 1.29 is 9.63 Å². The first-order chi connectivity index (χ1) is 12.5. The molecule has 1 atom stereocenters. The number of aromatic nitrogens is 4. The molecular weight excluding hydrogens is 332 g/mol. The minimum Gasteiger partial charge on any atom is -0.382 e. The van der Waals surface area contributed by atoms with Crippen LogP contribution in [0.15, 0.2) is 29.4 Å². The maximum absolute atomic E-state index is 12.6. The van der Waals surface area contributed by atoms with Crippen LogP contribution in [0, 0.1) is 0 Å². The molecule has 0 aliphatic carbocycles. The largest absolute Gasteiger partial charge is 0.382 e. The molecule has 1 N–H and O–H groups in total. The van der Waals surface area contributed by atoms with Crippen molar-refractivity contribution in [2.45, 2.75) is 59.6 Å². The number of oxime groups is 1. The summed E-state index contributed by atoms with van der Waals surface area (Å²) in [7, 11) is 0. The van der Waals surface area contributed by atoms with Crippen LogP contribution in [0.1, 0.15) is 47.0 Å². The van der Waals surface area contributed by atoms with E-state index < -0.39 is 6.10 Å². The number of anilines is 1. The normalized spacial score (nSPS) is 11.7. The Morgan fingerprint density at radius 2 is 2.15 bits per heavy atom. The van der Waals surface area contributed by atoms with Crippen molar-refractivity contribution in [1.29, 1.82) is 0 Å². The summed E-state index contributed by atoms with van der Waals surface area (Å²) in [5.74, 6) is 0.448. The van der Waals surface area contributed by atoms with Gasteiger partial charge in [0.2, 0.25) is 6.10 Å². The van der Waals surface area contributed by atoms with Crippen LogP contribution in [0.2, 0.25) is 0 Å². The number of hydrogen-bond acceptors (Lipinski definition) is 6. The minimum atomic E-state index is -0.616. The lowest BCUT2D eigenvalue weighted by Crippen LogP contribution is -2.29. The molecule has 26 heavy (non-hydrogen) atoms. The average molecular weight is 358 g/mol. The standard InChI is InChI=1S/C18H26N6O2/c1-5-7-11-16(26-21-13(3)4)18(25)19-15-10-8-9-14(12-15)17-20-22-23-24(17)6-2/h8-10,12,16H,5-7,11H2,1-4H3,(H,19,25)/t16-/m1/s1. The van der Waals surface area contributed by atoms with Crippen molar-refractivity contribution >= 4 is 17.3 Å². The van der Waals surface area contributed by atoms with Crippen LogP contribution in [0.5, 0.6) is 0 Å². The van der Waals surface area contributed by atoms with Crippen LogP contribution in [0.25, 0.3) is 11.4 Å². The molecule has 1 heterocycles. The summed E-state index contributed by atoms with van der Waals surface area (Å²) < 4.78 is 1.70. The fraction of sp³-hybridized carbons (Fsp3) is 0.500. The number of benzene rings is 1. The molecule has 2 rings (SSSR count). The Kier molecular flexibility index (Phi) is 7.25. The number of hydrogen-bond donors (Lipinski definition) is 1. The Hall–Kier alpha value is -2.77. The molecule has 8 nitrogen and oxygen atoms in total. The molecule has 8 heteroatoms. The molecule has 0 spiro atoms. The molecule has 0 bridgehead atoms. The average Bonchev–Trinajstić information content (AvgIpc) is 3.10. The van der Waals surface area contributed by atoms with Crippen LogP contribution < -0.4 is 5.32 Å². The van der Waals surface area contributed by atoms with Crippen molar-refractivity contribution in [3.63, 3.8) is 0 Å². The Morgan fingerprint density at radius 1 is 1.35 bits per heavy atom. The summed E-state index contributed by atoms with van der Waals surface area (Å²) >= 11 is 0. The van der Waals surface area contributed by atoms with E-state index in [9.17, 15) is 4.79 Å². The number of amides is 1. The minimum absolute atomic E-state index is 0.212. The van der Waals surface area contributed by atoms with Gasteiger partial charge in [-0.1, -0.05) is 30.6 Å². The molecule has 1 aromatic heterocycles. The number of carbonyl (C=O) groups is 1. The second-order valence-corrected chi connectivity index (χ2v) is 6.16. The zero-order valence-electron chi connectivity index (χ0n) is 15.8. The third-order valence-electron chi connectivity index (χ3n) is 3.69. The molecule has 1 aromatic carbocycles. The van der Waals surface area contributed by atoms with E-state index in [1.807, 2.05) is 45.0 Å². The highest BCUT2D eigenvalue weighted by molar-refractivity contribution is 5.94. The number of nitrogens with zero attached hydrogens (tertiary/aromatic N) is 5. The fourth-order valence-electron chi connectivity index (χ4n) is 2.37. The fourth-order valence-corrected chi connectivity index (χ4v) is 2.37. The number of nitrogens with one attached hydrogen (secondary N) is 1. The third-order valence-corrected chi connectivity index (χ3v) is 3.69. The summed E-state index contributed by atoms with van der Waals surface area (Å²) in [6.45, 7) is 8.37. The second kappa shape index (κ2) is 9.65. The lowest BCUT2D eigenvalue weighted by Gasteiger charge is -2.15. The van der Waals surface area contributed by atoms with Gasteiger partial charge in [0, 0.05) is 17.8 Å². The van der Waals surface area contributed by atoms with E-state index in [1.54, 1.807) is 4.68 Å². The van der Waals surface area contributed by atoms with E-state index in [-0.39, 0.29) is 5.91 Å². The number of rotatable bonds is 9. The van der Waals surface area contributed by atoms with Gasteiger partial charge in [-0.3, -0.25) is 4.79 Å². The van der Waals surface area contributed by atoms with Crippen LogP contribution >= 0.6 is 0 Å². The SMILES string of the molecule is CCCC[C@@H](ON=C(C)C)C(=O)Nc1cccc(-c2nnnn2CC)c1. The van der Waals surface area contributed by atoms with E-state index in [0.29, 0.717) is 24.5 Å². The predicted octanol–water partition coefficient (Wildman–Crippen LogP) is 3.27. The van der Waals surface area contributed by atoms with Crippen molar-refractivity contribution in [2.75, 3.05) is 5.32 Å². The maximum atomic E-state index is 12.6. The summed E-state index contributed by atoms with van der Waals surface area (Å²) in [5, 5.41) is 18.5. The monoisotopic (exact) mass is 358 g/mol. The molecule has 0 fully saturated rings. The van der Waals surface area contributed by atoms with Crippen molar-refractivity contribution in [3.05, 3.63) is 24.3 Å². The van der Waals surface area contributed by atoms with Crippen LogP contribution in [0.3, 0.4) is 0 Å². The molecule has 2 aromatic rings. The summed E-state index contributed by atoms with van der Waals surface area (Å²) in [5.41, 5.74) is 2.27. The van der Waals surface area contributed by atoms with Gasteiger partial charge in [-0.25, -0.2) is 4.68 Å². The topological polar surface area (TPSA) is 94.3 Å². The van der Waals surface area contributed by atoms with Gasteiger partial charge in [0.05, 0.1) is 5.71 Å². The zero-order valence-corrected chi connectivity index (χ0v) is 15.8. The number of aryl methyl sites for hydroxylation is 1. The summed E-state index contributed by atoms with van der Waals surface area (Å²) in [6, 6.07) is 7.44. The molecule has 0 unspecified atom stereocenters. The maximum Gasteiger partial charge on any atom is 0.268 e.